The maximum atomic E-state index is 13.5. The number of piperazine rings is 1. The molecule has 8 heteroatoms. The minimum Gasteiger partial charge on any atom is -0.364 e. The Hall–Kier alpha value is -2.41. The van der Waals surface area contributed by atoms with Gasteiger partial charge in [-0.15, -0.1) is 0 Å². The van der Waals surface area contributed by atoms with E-state index in [0.29, 0.717) is 24.4 Å². The number of nitrogens with zero attached hydrogens (tertiary/aromatic N) is 3. The Balaban J connectivity index is 1.80. The van der Waals surface area contributed by atoms with Crippen LogP contribution < -0.4 is 4.90 Å². The van der Waals surface area contributed by atoms with Crippen LogP contribution in [-0.2, 0) is 9.59 Å². The molecule has 0 atom stereocenters. The van der Waals surface area contributed by atoms with E-state index in [4.69, 9.17) is 23.2 Å². The van der Waals surface area contributed by atoms with Crippen LogP contribution in [0.25, 0.3) is 5.57 Å². The van der Waals surface area contributed by atoms with Gasteiger partial charge in [-0.1, -0.05) is 48.3 Å². The zero-order valence-corrected chi connectivity index (χ0v) is 17.9. The standard InChI is InChI=1S/C22H20Cl2FN3O2/c1-2-26-10-12-27(13-11-26)20-18(14-6-8-15(25)9-7-14)21(29)28(22(20)30)17-5-3-4-16(23)19(17)24/h3-9H,2,10-13H2,1H3. The van der Waals surface area contributed by atoms with E-state index in [1.165, 1.54) is 24.3 Å². The van der Waals surface area contributed by atoms with Crippen molar-refractivity contribution in [1.29, 1.82) is 0 Å². The number of likely N-dealkylation sites (N-methyl/N-ethyl adjacent to an activating group) is 1. The molecule has 2 aliphatic rings. The molecule has 0 bridgehead atoms. The quantitative estimate of drug-likeness (QED) is 0.662. The maximum absolute atomic E-state index is 13.5. The molecule has 0 spiro atoms. The highest BCUT2D eigenvalue weighted by Gasteiger charge is 2.43. The van der Waals surface area contributed by atoms with Gasteiger partial charge in [0.2, 0.25) is 0 Å². The molecule has 0 N–H and O–H groups in total. The molecule has 0 aromatic heterocycles. The Bertz CT molecular complexity index is 1030. The molecule has 156 valence electrons. The first-order chi connectivity index (χ1) is 14.4. The summed E-state index contributed by atoms with van der Waals surface area (Å²) < 4.78 is 13.5. The number of hydrogen-bond donors (Lipinski definition) is 0. The predicted octanol–water partition coefficient (Wildman–Crippen LogP) is 4.05. The van der Waals surface area contributed by atoms with Crippen molar-refractivity contribution in [2.75, 3.05) is 37.6 Å². The molecule has 2 aromatic carbocycles. The smallest absolute Gasteiger partial charge is 0.282 e. The molecule has 4 rings (SSSR count). The second-order valence-corrected chi connectivity index (χ2v) is 7.96. The second-order valence-electron chi connectivity index (χ2n) is 7.17. The van der Waals surface area contributed by atoms with Gasteiger partial charge in [0.15, 0.2) is 0 Å². The molecule has 0 radical (unpaired) electrons. The molecule has 1 saturated heterocycles. The Morgan fingerprint density at radius 1 is 0.933 bits per heavy atom. The van der Waals surface area contributed by atoms with Crippen molar-refractivity contribution >= 4 is 46.3 Å². The first kappa shape index (κ1) is 20.8. The molecule has 2 aromatic rings. The first-order valence-electron chi connectivity index (χ1n) is 9.72. The molecule has 0 aliphatic carbocycles. The van der Waals surface area contributed by atoms with Gasteiger partial charge >= 0.3 is 0 Å². The third-order valence-corrected chi connectivity index (χ3v) is 6.31. The number of rotatable bonds is 4. The number of amides is 2. The average Bonchev–Trinajstić information content (AvgIpc) is 3.01. The number of carbonyl (C=O) groups excluding carboxylic acids is 2. The summed E-state index contributed by atoms with van der Waals surface area (Å²) in [7, 11) is 0. The molecule has 1 fully saturated rings. The minimum absolute atomic E-state index is 0.136. The number of anilines is 1. The maximum Gasteiger partial charge on any atom is 0.282 e. The summed E-state index contributed by atoms with van der Waals surface area (Å²) in [6, 6.07) is 10.4. The lowest BCUT2D eigenvalue weighted by atomic mass is 10.0. The Morgan fingerprint density at radius 2 is 1.60 bits per heavy atom. The molecule has 30 heavy (non-hydrogen) atoms. The Kier molecular flexibility index (Phi) is 5.82. The van der Waals surface area contributed by atoms with Gasteiger partial charge in [-0.25, -0.2) is 9.29 Å². The topological polar surface area (TPSA) is 43.9 Å². The number of carbonyl (C=O) groups is 2. The van der Waals surface area contributed by atoms with E-state index in [-0.39, 0.29) is 21.3 Å². The fourth-order valence-corrected chi connectivity index (χ4v) is 4.24. The average molecular weight is 448 g/mol. The third-order valence-electron chi connectivity index (χ3n) is 5.50. The lowest BCUT2D eigenvalue weighted by Gasteiger charge is -2.36. The number of halogens is 3. The summed E-state index contributed by atoms with van der Waals surface area (Å²) in [5.74, 6) is -1.36. The normalized spacial score (nSPS) is 18.0. The van der Waals surface area contributed by atoms with Crippen LogP contribution in [0.3, 0.4) is 0 Å². The minimum atomic E-state index is -0.497. The van der Waals surface area contributed by atoms with Crippen molar-refractivity contribution in [3.8, 4) is 0 Å². The Labute approximate surface area is 184 Å². The van der Waals surface area contributed by atoms with Crippen LogP contribution in [0, 0.1) is 5.82 Å². The summed E-state index contributed by atoms with van der Waals surface area (Å²) >= 11 is 12.4. The zero-order valence-electron chi connectivity index (χ0n) is 16.4. The molecular weight excluding hydrogens is 428 g/mol. The van der Waals surface area contributed by atoms with Gasteiger partial charge in [0.25, 0.3) is 11.8 Å². The highest BCUT2D eigenvalue weighted by atomic mass is 35.5. The van der Waals surface area contributed by atoms with Gasteiger partial charge in [-0.3, -0.25) is 9.59 Å². The van der Waals surface area contributed by atoms with Crippen LogP contribution in [0.15, 0.2) is 48.2 Å². The first-order valence-corrected chi connectivity index (χ1v) is 10.5. The fraction of sp³-hybridized carbons (Fsp3) is 0.273. The largest absolute Gasteiger partial charge is 0.364 e. The van der Waals surface area contributed by atoms with Crippen molar-refractivity contribution < 1.29 is 14.0 Å². The van der Waals surface area contributed by atoms with Gasteiger partial charge in [-0.05, 0) is 36.4 Å². The second kappa shape index (κ2) is 8.38. The third kappa shape index (κ3) is 3.60. The van der Waals surface area contributed by atoms with Crippen molar-refractivity contribution in [3.63, 3.8) is 0 Å². The van der Waals surface area contributed by atoms with E-state index in [1.54, 1.807) is 18.2 Å². The fourth-order valence-electron chi connectivity index (χ4n) is 3.86. The highest BCUT2D eigenvalue weighted by Crippen LogP contribution is 2.40. The van der Waals surface area contributed by atoms with Crippen molar-refractivity contribution in [2.24, 2.45) is 0 Å². The van der Waals surface area contributed by atoms with Gasteiger partial charge in [0.1, 0.15) is 11.5 Å². The zero-order chi connectivity index (χ0) is 21.4. The summed E-state index contributed by atoms with van der Waals surface area (Å²) in [6.07, 6.45) is 0. The van der Waals surface area contributed by atoms with E-state index < -0.39 is 17.6 Å². The van der Waals surface area contributed by atoms with Crippen molar-refractivity contribution in [3.05, 3.63) is 69.6 Å². The van der Waals surface area contributed by atoms with E-state index >= 15 is 0 Å². The molecule has 2 aliphatic heterocycles. The summed E-state index contributed by atoms with van der Waals surface area (Å²) in [5.41, 5.74) is 1.30. The van der Waals surface area contributed by atoms with E-state index in [2.05, 4.69) is 11.8 Å². The van der Waals surface area contributed by atoms with Crippen LogP contribution >= 0.6 is 23.2 Å². The molecule has 0 saturated carbocycles. The van der Waals surface area contributed by atoms with Gasteiger partial charge in [0.05, 0.1) is 21.3 Å². The number of hydrogen-bond acceptors (Lipinski definition) is 4. The summed E-state index contributed by atoms with van der Waals surface area (Å²) in [4.78, 5) is 32.2. The van der Waals surface area contributed by atoms with Gasteiger partial charge < -0.3 is 9.80 Å². The van der Waals surface area contributed by atoms with Gasteiger partial charge in [0, 0.05) is 26.2 Å². The molecule has 5 nitrogen and oxygen atoms in total. The summed E-state index contributed by atoms with van der Waals surface area (Å²) in [5, 5.41) is 0.388. The molecular formula is C22H20Cl2FN3O2. The van der Waals surface area contributed by atoms with Crippen LogP contribution in [0.2, 0.25) is 10.0 Å². The van der Waals surface area contributed by atoms with E-state index in [9.17, 15) is 14.0 Å². The Morgan fingerprint density at radius 3 is 2.23 bits per heavy atom. The monoisotopic (exact) mass is 447 g/mol. The number of imide groups is 1. The summed E-state index contributed by atoms with van der Waals surface area (Å²) in [6.45, 7) is 5.82. The predicted molar refractivity (Wildman–Crippen MR) is 116 cm³/mol. The van der Waals surface area contributed by atoms with Crippen molar-refractivity contribution in [1.82, 2.24) is 9.80 Å². The van der Waals surface area contributed by atoms with Crippen molar-refractivity contribution in [2.45, 2.75) is 6.92 Å². The van der Waals surface area contributed by atoms with E-state index in [1.807, 2.05) is 4.90 Å². The molecule has 0 unspecified atom stereocenters. The number of benzene rings is 2. The van der Waals surface area contributed by atoms with Gasteiger partial charge in [-0.2, -0.15) is 0 Å². The molecule has 2 amide bonds. The SMILES string of the molecule is CCN1CCN(C2=C(c3ccc(F)cc3)C(=O)N(c3cccc(Cl)c3Cl)C2=O)CC1. The van der Waals surface area contributed by atoms with Crippen LogP contribution in [0.1, 0.15) is 12.5 Å². The van der Waals surface area contributed by atoms with Crippen LogP contribution in [-0.4, -0.2) is 54.3 Å². The lowest BCUT2D eigenvalue weighted by Crippen LogP contribution is -2.47. The highest BCUT2D eigenvalue weighted by molar-refractivity contribution is 6.49. The molecule has 2 heterocycles. The van der Waals surface area contributed by atoms with Crippen LogP contribution in [0.5, 0.6) is 0 Å². The van der Waals surface area contributed by atoms with Crippen LogP contribution in [0.4, 0.5) is 10.1 Å². The van der Waals surface area contributed by atoms with E-state index in [0.717, 1.165) is 24.5 Å². The lowest BCUT2D eigenvalue weighted by molar-refractivity contribution is -0.120.